The van der Waals surface area contributed by atoms with Crippen LogP contribution in [0.3, 0.4) is 0 Å². The van der Waals surface area contributed by atoms with E-state index in [1.807, 2.05) is 18.2 Å². The molecule has 0 aliphatic heterocycles. The summed E-state index contributed by atoms with van der Waals surface area (Å²) in [6.07, 6.45) is 9.91. The van der Waals surface area contributed by atoms with E-state index < -0.39 is 5.97 Å². The molecule has 1 N–H and O–H groups in total. The summed E-state index contributed by atoms with van der Waals surface area (Å²) in [6.45, 7) is 0. The molecule has 0 amide bonds. The minimum atomic E-state index is -0.743. The lowest BCUT2D eigenvalue weighted by molar-refractivity contribution is -0.137. The molecule has 82 valence electrons. The molecule has 0 atom stereocenters. The number of aliphatic carboxylic acids is 1. The standard InChI is InChI=1S/C12H16O3/c13-11-8-5-7-10(11)6-3-1-2-4-9-12(14)15/h3,6-7H,1-2,4-5,8-9H2,(H,14,15)/b6-3-. The van der Waals surface area contributed by atoms with Gasteiger partial charge in [-0.25, -0.2) is 0 Å². The summed E-state index contributed by atoms with van der Waals surface area (Å²) in [5.41, 5.74) is 0.813. The van der Waals surface area contributed by atoms with Gasteiger partial charge in [0.2, 0.25) is 0 Å². The smallest absolute Gasteiger partial charge is 0.303 e. The fraction of sp³-hybridized carbons (Fsp3) is 0.500. The molecule has 0 saturated heterocycles. The van der Waals surface area contributed by atoms with Gasteiger partial charge in [-0.2, -0.15) is 0 Å². The highest BCUT2D eigenvalue weighted by atomic mass is 16.4. The van der Waals surface area contributed by atoms with Crippen molar-refractivity contribution in [1.29, 1.82) is 0 Å². The number of hydrogen-bond donors (Lipinski definition) is 1. The van der Waals surface area contributed by atoms with Gasteiger partial charge >= 0.3 is 5.97 Å². The van der Waals surface area contributed by atoms with E-state index in [0.29, 0.717) is 12.8 Å². The molecule has 0 fully saturated rings. The van der Waals surface area contributed by atoms with Gasteiger partial charge in [-0.05, 0) is 25.7 Å². The Balaban J connectivity index is 2.12. The van der Waals surface area contributed by atoms with Gasteiger partial charge in [0.1, 0.15) is 0 Å². The molecule has 0 unspecified atom stereocenters. The SMILES string of the molecule is O=C(O)CCCC/C=C\C1=CCCC1=O. The average Bonchev–Trinajstić information content (AvgIpc) is 2.57. The zero-order valence-electron chi connectivity index (χ0n) is 8.74. The second kappa shape index (κ2) is 6.17. The molecule has 1 aliphatic rings. The maximum absolute atomic E-state index is 11.2. The van der Waals surface area contributed by atoms with Gasteiger partial charge in [0.25, 0.3) is 0 Å². The van der Waals surface area contributed by atoms with E-state index in [-0.39, 0.29) is 12.2 Å². The first-order valence-electron chi connectivity index (χ1n) is 5.32. The highest BCUT2D eigenvalue weighted by molar-refractivity contribution is 6.00. The number of carbonyl (C=O) groups is 2. The lowest BCUT2D eigenvalue weighted by Crippen LogP contribution is -1.93. The van der Waals surface area contributed by atoms with Gasteiger partial charge in [0.05, 0.1) is 0 Å². The molecule has 0 aromatic heterocycles. The molecular weight excluding hydrogens is 192 g/mol. The summed E-state index contributed by atoms with van der Waals surface area (Å²) >= 11 is 0. The van der Waals surface area contributed by atoms with Crippen LogP contribution < -0.4 is 0 Å². The van der Waals surface area contributed by atoms with Crippen LogP contribution in [0.1, 0.15) is 38.5 Å². The predicted molar refractivity (Wildman–Crippen MR) is 57.6 cm³/mol. The molecule has 1 aliphatic carbocycles. The number of allylic oxidation sites excluding steroid dienone is 4. The number of ketones is 1. The topological polar surface area (TPSA) is 54.4 Å². The molecular formula is C12H16O3. The summed E-state index contributed by atoms with van der Waals surface area (Å²) < 4.78 is 0. The first-order valence-corrected chi connectivity index (χ1v) is 5.32. The Kier molecular flexibility index (Phi) is 4.81. The predicted octanol–water partition coefficient (Wildman–Crippen LogP) is 2.48. The Morgan fingerprint density at radius 3 is 2.87 bits per heavy atom. The Bertz CT molecular complexity index is 300. The zero-order valence-corrected chi connectivity index (χ0v) is 8.74. The molecule has 15 heavy (non-hydrogen) atoms. The van der Waals surface area contributed by atoms with E-state index in [0.717, 1.165) is 24.8 Å². The van der Waals surface area contributed by atoms with Crippen molar-refractivity contribution in [2.75, 3.05) is 0 Å². The van der Waals surface area contributed by atoms with E-state index >= 15 is 0 Å². The fourth-order valence-corrected chi connectivity index (χ4v) is 1.53. The average molecular weight is 208 g/mol. The lowest BCUT2D eigenvalue weighted by atomic mass is 10.1. The maximum atomic E-state index is 11.2. The molecule has 0 aromatic carbocycles. The summed E-state index contributed by atoms with van der Waals surface area (Å²) in [4.78, 5) is 21.4. The van der Waals surface area contributed by atoms with Crippen LogP contribution in [0.15, 0.2) is 23.8 Å². The van der Waals surface area contributed by atoms with Gasteiger partial charge < -0.3 is 5.11 Å². The molecule has 0 heterocycles. The van der Waals surface area contributed by atoms with Crippen molar-refractivity contribution in [1.82, 2.24) is 0 Å². The Morgan fingerprint density at radius 1 is 1.47 bits per heavy atom. The third-order valence-corrected chi connectivity index (χ3v) is 2.37. The number of carbonyl (C=O) groups excluding carboxylic acids is 1. The van der Waals surface area contributed by atoms with Crippen LogP contribution in [-0.2, 0) is 9.59 Å². The summed E-state index contributed by atoms with van der Waals surface area (Å²) in [6, 6.07) is 0. The minimum absolute atomic E-state index is 0.219. The number of unbranched alkanes of at least 4 members (excludes halogenated alkanes) is 2. The normalized spacial score (nSPS) is 16.0. The fourth-order valence-electron chi connectivity index (χ4n) is 1.53. The quantitative estimate of drug-likeness (QED) is 0.682. The molecule has 0 radical (unpaired) electrons. The number of rotatable bonds is 6. The third kappa shape index (κ3) is 4.58. The molecule has 0 saturated carbocycles. The van der Waals surface area contributed by atoms with Crippen molar-refractivity contribution in [2.24, 2.45) is 0 Å². The van der Waals surface area contributed by atoms with Crippen molar-refractivity contribution in [3.63, 3.8) is 0 Å². The molecule has 0 aromatic rings. The van der Waals surface area contributed by atoms with E-state index in [1.165, 1.54) is 0 Å². The van der Waals surface area contributed by atoms with E-state index in [2.05, 4.69) is 0 Å². The molecule has 0 bridgehead atoms. The second-order valence-corrected chi connectivity index (χ2v) is 3.66. The van der Waals surface area contributed by atoms with Crippen molar-refractivity contribution in [3.8, 4) is 0 Å². The molecule has 3 nitrogen and oxygen atoms in total. The molecule has 1 rings (SSSR count). The number of carboxylic acid groups (broad SMARTS) is 1. The van der Waals surface area contributed by atoms with Gasteiger partial charge in [-0.15, -0.1) is 0 Å². The van der Waals surface area contributed by atoms with Crippen LogP contribution in [0.4, 0.5) is 0 Å². The Hall–Kier alpha value is -1.38. The van der Waals surface area contributed by atoms with E-state index in [1.54, 1.807) is 0 Å². The van der Waals surface area contributed by atoms with Crippen LogP contribution in [0.5, 0.6) is 0 Å². The van der Waals surface area contributed by atoms with Crippen LogP contribution in [-0.4, -0.2) is 16.9 Å². The first-order chi connectivity index (χ1) is 7.20. The highest BCUT2D eigenvalue weighted by Gasteiger charge is 2.10. The van der Waals surface area contributed by atoms with E-state index in [9.17, 15) is 9.59 Å². The number of carboxylic acids is 1. The van der Waals surface area contributed by atoms with Gasteiger partial charge in [-0.3, -0.25) is 9.59 Å². The second-order valence-electron chi connectivity index (χ2n) is 3.66. The third-order valence-electron chi connectivity index (χ3n) is 2.37. The van der Waals surface area contributed by atoms with Crippen LogP contribution in [0, 0.1) is 0 Å². The maximum Gasteiger partial charge on any atom is 0.303 e. The van der Waals surface area contributed by atoms with Gasteiger partial charge in [0.15, 0.2) is 5.78 Å². The van der Waals surface area contributed by atoms with Crippen LogP contribution in [0.25, 0.3) is 0 Å². The lowest BCUT2D eigenvalue weighted by Gasteiger charge is -1.94. The van der Waals surface area contributed by atoms with Gasteiger partial charge in [-0.1, -0.05) is 18.2 Å². The number of hydrogen-bond acceptors (Lipinski definition) is 2. The van der Waals surface area contributed by atoms with Crippen molar-refractivity contribution < 1.29 is 14.7 Å². The monoisotopic (exact) mass is 208 g/mol. The van der Waals surface area contributed by atoms with Crippen molar-refractivity contribution in [2.45, 2.75) is 38.5 Å². The molecule has 0 spiro atoms. The Morgan fingerprint density at radius 2 is 2.27 bits per heavy atom. The van der Waals surface area contributed by atoms with Gasteiger partial charge in [0, 0.05) is 18.4 Å². The zero-order chi connectivity index (χ0) is 11.1. The highest BCUT2D eigenvalue weighted by Crippen LogP contribution is 2.15. The number of Topliss-reactive ketones (excluding diaryl/α,β-unsaturated/α-hetero) is 1. The van der Waals surface area contributed by atoms with Crippen LogP contribution in [0.2, 0.25) is 0 Å². The summed E-state index contributed by atoms with van der Waals surface area (Å²) in [5.74, 6) is -0.524. The molecule has 3 heteroatoms. The van der Waals surface area contributed by atoms with Crippen molar-refractivity contribution >= 4 is 11.8 Å². The largest absolute Gasteiger partial charge is 0.481 e. The summed E-state index contributed by atoms with van der Waals surface area (Å²) in [7, 11) is 0. The summed E-state index contributed by atoms with van der Waals surface area (Å²) in [5, 5.41) is 8.41. The van der Waals surface area contributed by atoms with Crippen LogP contribution >= 0.6 is 0 Å². The Labute approximate surface area is 89.5 Å². The minimum Gasteiger partial charge on any atom is -0.481 e. The first kappa shape index (κ1) is 11.7. The van der Waals surface area contributed by atoms with E-state index in [4.69, 9.17) is 5.11 Å². The van der Waals surface area contributed by atoms with Crippen molar-refractivity contribution in [3.05, 3.63) is 23.8 Å².